The fourth-order valence-electron chi connectivity index (χ4n) is 1.78. The zero-order valence-electron chi connectivity index (χ0n) is 7.87. The van der Waals surface area contributed by atoms with E-state index in [0.717, 1.165) is 30.0 Å². The summed E-state index contributed by atoms with van der Waals surface area (Å²) in [4.78, 5) is 14.1. The number of hydrogen-bond donors (Lipinski definition) is 1. The first-order valence-electron chi connectivity index (χ1n) is 4.39. The number of carbonyl (C=O) groups is 1. The average molecular weight is 211 g/mol. The van der Waals surface area contributed by atoms with E-state index < -0.39 is 5.97 Å². The minimum atomic E-state index is -1.15. The monoisotopic (exact) mass is 211 g/mol. The van der Waals surface area contributed by atoms with Crippen LogP contribution in [0.25, 0.3) is 0 Å². The van der Waals surface area contributed by atoms with Crippen molar-refractivity contribution < 1.29 is 9.90 Å². The molecular formula is C9H11N2O2S-. The lowest BCUT2D eigenvalue weighted by Crippen LogP contribution is -2.29. The quantitative estimate of drug-likeness (QED) is 0.691. The van der Waals surface area contributed by atoms with Crippen LogP contribution in [0.2, 0.25) is 0 Å². The summed E-state index contributed by atoms with van der Waals surface area (Å²) >= 11 is 1.36. The van der Waals surface area contributed by atoms with Crippen LogP contribution in [-0.4, -0.2) is 24.5 Å². The minimum Gasteiger partial charge on any atom is -0.545 e. The van der Waals surface area contributed by atoms with Crippen LogP contribution >= 0.6 is 11.3 Å². The molecule has 0 amide bonds. The second kappa shape index (κ2) is 3.25. The van der Waals surface area contributed by atoms with E-state index in [1.807, 2.05) is 7.05 Å². The Morgan fingerprint density at radius 1 is 1.64 bits per heavy atom. The molecule has 0 saturated heterocycles. The van der Waals surface area contributed by atoms with Crippen LogP contribution in [0.15, 0.2) is 0 Å². The van der Waals surface area contributed by atoms with Gasteiger partial charge >= 0.3 is 0 Å². The topological polar surface area (TPSA) is 69.4 Å². The zero-order chi connectivity index (χ0) is 10.3. The molecular weight excluding hydrogens is 200 g/mol. The maximum Gasteiger partial charge on any atom is 0.0954 e. The van der Waals surface area contributed by atoms with Gasteiger partial charge in [-0.2, -0.15) is 0 Å². The second-order valence-corrected chi connectivity index (χ2v) is 4.66. The van der Waals surface area contributed by atoms with Crippen molar-refractivity contribution in [3.8, 4) is 0 Å². The Bertz CT molecular complexity index is 386. The molecule has 0 atom stereocenters. The van der Waals surface area contributed by atoms with Crippen LogP contribution in [0.3, 0.4) is 0 Å². The van der Waals surface area contributed by atoms with Crippen LogP contribution < -0.4 is 10.8 Å². The molecule has 0 aromatic carbocycles. The molecule has 0 saturated carbocycles. The number of carboxylic acid groups (broad SMARTS) is 1. The molecule has 14 heavy (non-hydrogen) atoms. The molecule has 0 fully saturated rings. The van der Waals surface area contributed by atoms with Gasteiger partial charge in [-0.15, -0.1) is 11.3 Å². The third-order valence-electron chi connectivity index (χ3n) is 2.48. The van der Waals surface area contributed by atoms with Gasteiger partial charge in [0.15, 0.2) is 0 Å². The molecule has 0 bridgehead atoms. The molecule has 1 aromatic rings. The number of thiophene rings is 1. The summed E-state index contributed by atoms with van der Waals surface area (Å²) in [5, 5.41) is 11.2. The number of anilines is 1. The maximum atomic E-state index is 10.8. The molecule has 1 aliphatic heterocycles. The number of nitrogen functional groups attached to an aromatic ring is 1. The molecule has 1 aromatic heterocycles. The van der Waals surface area contributed by atoms with Crippen LogP contribution in [-0.2, 0) is 13.0 Å². The Balaban J connectivity index is 2.49. The number of likely N-dealkylation sites (N-methyl/N-ethyl adjacent to an activating group) is 1. The Morgan fingerprint density at radius 2 is 2.36 bits per heavy atom. The largest absolute Gasteiger partial charge is 0.545 e. The number of aromatic carboxylic acids is 1. The molecule has 0 radical (unpaired) electrons. The van der Waals surface area contributed by atoms with Gasteiger partial charge < -0.3 is 20.5 Å². The number of rotatable bonds is 1. The fourth-order valence-corrected chi connectivity index (χ4v) is 2.96. The summed E-state index contributed by atoms with van der Waals surface area (Å²) < 4.78 is 0. The van der Waals surface area contributed by atoms with E-state index in [1.165, 1.54) is 11.3 Å². The summed E-state index contributed by atoms with van der Waals surface area (Å²) in [6.07, 6.45) is 0.753. The van der Waals surface area contributed by atoms with E-state index in [1.54, 1.807) is 0 Å². The van der Waals surface area contributed by atoms with Crippen LogP contribution in [0.4, 0.5) is 5.00 Å². The van der Waals surface area contributed by atoms with Gasteiger partial charge in [0.05, 0.1) is 11.0 Å². The van der Waals surface area contributed by atoms with Crippen molar-refractivity contribution in [2.45, 2.75) is 13.0 Å². The van der Waals surface area contributed by atoms with Crippen molar-refractivity contribution in [1.29, 1.82) is 0 Å². The van der Waals surface area contributed by atoms with Crippen molar-refractivity contribution >= 4 is 22.3 Å². The Labute approximate surface area is 85.9 Å². The average Bonchev–Trinajstić information content (AvgIpc) is 2.39. The Kier molecular flexibility index (Phi) is 2.20. The fraction of sp³-hybridized carbons (Fsp3) is 0.444. The first-order chi connectivity index (χ1) is 6.59. The third kappa shape index (κ3) is 1.38. The predicted molar refractivity (Wildman–Crippen MR) is 53.1 cm³/mol. The summed E-state index contributed by atoms with van der Waals surface area (Å²) in [7, 11) is 2.01. The normalized spacial score (nSPS) is 16.6. The number of carbonyl (C=O) groups excluding carboxylic acids is 1. The molecule has 0 unspecified atom stereocenters. The molecule has 0 aliphatic carbocycles. The molecule has 2 rings (SSSR count). The van der Waals surface area contributed by atoms with Crippen molar-refractivity contribution in [3.63, 3.8) is 0 Å². The van der Waals surface area contributed by atoms with Crippen molar-refractivity contribution in [1.82, 2.24) is 4.90 Å². The van der Waals surface area contributed by atoms with E-state index >= 15 is 0 Å². The zero-order valence-corrected chi connectivity index (χ0v) is 8.69. The van der Waals surface area contributed by atoms with Crippen molar-refractivity contribution in [2.75, 3.05) is 19.3 Å². The smallest absolute Gasteiger partial charge is 0.0954 e. The molecule has 2 heterocycles. The van der Waals surface area contributed by atoms with Gasteiger partial charge in [-0.05, 0) is 19.0 Å². The first kappa shape index (κ1) is 9.48. The highest BCUT2D eigenvalue weighted by atomic mass is 32.1. The lowest BCUT2D eigenvalue weighted by Gasteiger charge is -2.22. The molecule has 76 valence electrons. The highest BCUT2D eigenvalue weighted by Crippen LogP contribution is 2.34. The minimum absolute atomic E-state index is 0.220. The van der Waals surface area contributed by atoms with E-state index in [-0.39, 0.29) is 5.56 Å². The van der Waals surface area contributed by atoms with E-state index in [9.17, 15) is 9.90 Å². The highest BCUT2D eigenvalue weighted by Gasteiger charge is 2.21. The van der Waals surface area contributed by atoms with Crippen molar-refractivity contribution in [2.24, 2.45) is 0 Å². The van der Waals surface area contributed by atoms with Gasteiger partial charge in [0.25, 0.3) is 0 Å². The van der Waals surface area contributed by atoms with E-state index in [2.05, 4.69) is 4.90 Å². The molecule has 1 aliphatic rings. The number of nitrogens with zero attached hydrogens (tertiary/aromatic N) is 1. The highest BCUT2D eigenvalue weighted by molar-refractivity contribution is 7.16. The summed E-state index contributed by atoms with van der Waals surface area (Å²) in [6, 6.07) is 0. The SMILES string of the molecule is CN1CCc2c(sc(N)c2C(=O)[O-])C1. The maximum absolute atomic E-state index is 10.8. The third-order valence-corrected chi connectivity index (χ3v) is 3.53. The van der Waals surface area contributed by atoms with Crippen LogP contribution in [0, 0.1) is 0 Å². The van der Waals surface area contributed by atoms with Gasteiger partial charge in [-0.25, -0.2) is 0 Å². The Hall–Kier alpha value is -1.07. The lowest BCUT2D eigenvalue weighted by molar-refractivity contribution is -0.254. The van der Waals surface area contributed by atoms with Gasteiger partial charge in [0.1, 0.15) is 0 Å². The predicted octanol–water partition coefficient (Wildman–Crippen LogP) is -0.318. The molecule has 0 spiro atoms. The number of fused-ring (bicyclic) bond motifs is 1. The summed E-state index contributed by atoms with van der Waals surface area (Å²) in [6.45, 7) is 1.67. The van der Waals surface area contributed by atoms with Gasteiger partial charge in [0.2, 0.25) is 0 Å². The Morgan fingerprint density at radius 3 is 3.00 bits per heavy atom. The lowest BCUT2D eigenvalue weighted by atomic mass is 10.0. The van der Waals surface area contributed by atoms with Gasteiger partial charge in [0, 0.05) is 23.5 Å². The number of hydrogen-bond acceptors (Lipinski definition) is 5. The standard InChI is InChI=1S/C9H12N2O2S/c1-11-3-2-5-6(4-11)14-8(10)7(5)9(12)13/h2-4,10H2,1H3,(H,12,13)/p-1. The van der Waals surface area contributed by atoms with Gasteiger partial charge in [-0.3, -0.25) is 0 Å². The van der Waals surface area contributed by atoms with E-state index in [4.69, 9.17) is 5.73 Å². The number of nitrogens with two attached hydrogens (primary N) is 1. The first-order valence-corrected chi connectivity index (χ1v) is 5.21. The van der Waals surface area contributed by atoms with Crippen LogP contribution in [0.5, 0.6) is 0 Å². The van der Waals surface area contributed by atoms with Crippen LogP contribution in [0.1, 0.15) is 20.8 Å². The molecule has 5 heteroatoms. The number of carboxylic acids is 1. The van der Waals surface area contributed by atoms with Crippen molar-refractivity contribution in [3.05, 3.63) is 16.0 Å². The summed E-state index contributed by atoms with van der Waals surface area (Å²) in [5.41, 5.74) is 6.75. The molecule has 4 nitrogen and oxygen atoms in total. The molecule has 2 N–H and O–H groups in total. The summed E-state index contributed by atoms with van der Waals surface area (Å²) in [5.74, 6) is -1.15. The van der Waals surface area contributed by atoms with E-state index in [0.29, 0.717) is 5.00 Å². The van der Waals surface area contributed by atoms with Gasteiger partial charge in [-0.1, -0.05) is 0 Å². The second-order valence-electron chi connectivity index (χ2n) is 3.52.